The summed E-state index contributed by atoms with van der Waals surface area (Å²) < 4.78 is 13.0. The number of hydrogen-bond donors (Lipinski definition) is 0. The topological polar surface area (TPSA) is 48.8 Å². The van der Waals surface area contributed by atoms with Crippen molar-refractivity contribution in [1.82, 2.24) is 0 Å². The summed E-state index contributed by atoms with van der Waals surface area (Å²) in [6.07, 6.45) is 8.44. The first kappa shape index (κ1) is 24.5. The first-order chi connectivity index (χ1) is 18.2. The van der Waals surface area contributed by atoms with Gasteiger partial charge in [-0.1, -0.05) is 12.1 Å². The van der Waals surface area contributed by atoms with Gasteiger partial charge >= 0.3 is 5.13 Å². The predicted molar refractivity (Wildman–Crippen MR) is 146 cm³/mol. The summed E-state index contributed by atoms with van der Waals surface area (Å²) in [7, 11) is 3.69. The third-order valence-corrected chi connectivity index (χ3v) is 7.38. The lowest BCUT2D eigenvalue weighted by Crippen LogP contribution is -2.44. The van der Waals surface area contributed by atoms with Crippen LogP contribution in [0.25, 0.3) is 10.2 Å². The van der Waals surface area contributed by atoms with Crippen LogP contribution in [0.15, 0.2) is 114 Å². The van der Waals surface area contributed by atoms with E-state index in [1.165, 1.54) is 5.69 Å². The monoisotopic (exact) mass is 511 g/mol. The van der Waals surface area contributed by atoms with Crippen molar-refractivity contribution in [3.63, 3.8) is 0 Å². The Balaban J connectivity index is 1.31. The molecule has 0 aliphatic carbocycles. The fourth-order valence-electron chi connectivity index (χ4n) is 4.18. The van der Waals surface area contributed by atoms with Gasteiger partial charge in [0, 0.05) is 36.0 Å². The fourth-order valence-corrected chi connectivity index (χ4v) is 5.18. The molecule has 7 nitrogen and oxygen atoms in total. The van der Waals surface area contributed by atoms with Gasteiger partial charge in [-0.25, -0.2) is 13.7 Å². The maximum Gasteiger partial charge on any atom is 0.409 e. The molecule has 0 fully saturated rings. The molecule has 186 valence electrons. The zero-order chi connectivity index (χ0) is 25.5. The van der Waals surface area contributed by atoms with Gasteiger partial charge in [-0.3, -0.25) is 0 Å². The third kappa shape index (κ3) is 6.16. The minimum Gasteiger partial charge on any atom is -0.497 e. The van der Waals surface area contributed by atoms with Gasteiger partial charge in [0.25, 0.3) is 0 Å². The summed E-state index contributed by atoms with van der Waals surface area (Å²) >= 11 is 1.60. The number of anilines is 1. The number of rotatable bonds is 10. The van der Waals surface area contributed by atoms with Crippen molar-refractivity contribution in [3.05, 3.63) is 104 Å². The first-order valence-corrected chi connectivity index (χ1v) is 13.1. The Morgan fingerprint density at radius 3 is 2.00 bits per heavy atom. The molecule has 5 aromatic rings. The predicted octanol–water partition coefficient (Wildman–Crippen LogP) is 4.93. The van der Waals surface area contributed by atoms with Gasteiger partial charge in [0.1, 0.15) is 17.0 Å². The molecule has 3 aromatic heterocycles. The van der Waals surface area contributed by atoms with Crippen LogP contribution >= 0.6 is 11.3 Å². The van der Waals surface area contributed by atoms with Crippen molar-refractivity contribution >= 4 is 38.1 Å². The highest BCUT2D eigenvalue weighted by atomic mass is 32.1. The second-order valence-electron chi connectivity index (χ2n) is 8.71. The summed E-state index contributed by atoms with van der Waals surface area (Å²) in [5, 5.41) is 9.90. The molecule has 2 aromatic carbocycles. The van der Waals surface area contributed by atoms with E-state index in [1.807, 2.05) is 43.4 Å². The summed E-state index contributed by atoms with van der Waals surface area (Å²) in [5.41, 5.74) is 3.11. The molecule has 0 saturated carbocycles. The highest BCUT2D eigenvalue weighted by molar-refractivity contribution is 7.21. The lowest BCUT2D eigenvalue weighted by atomic mass is 10.2. The molecule has 8 heteroatoms. The van der Waals surface area contributed by atoms with E-state index in [1.54, 1.807) is 18.4 Å². The second kappa shape index (κ2) is 11.7. The highest BCUT2D eigenvalue weighted by Crippen LogP contribution is 2.30. The Labute approximate surface area is 221 Å². The standard InChI is InChI=1S/C29H31N6OS/c1-32-27-14-13-26(36-2)23-28(27)37-29(32)31-30-24-9-11-25(12-10-24)35(21-19-33-15-5-3-6-16-33)22-20-34-17-7-4-8-18-34/h3-18,23H,19-22H2,1-2H3/q+3. The van der Waals surface area contributed by atoms with Gasteiger partial charge in [0.05, 0.1) is 37.1 Å². The number of nitrogens with zero attached hydrogens (tertiary/aromatic N) is 6. The summed E-state index contributed by atoms with van der Waals surface area (Å²) in [4.78, 5) is 2.42. The minimum atomic E-state index is 0.827. The van der Waals surface area contributed by atoms with E-state index in [2.05, 4.69) is 96.1 Å². The largest absolute Gasteiger partial charge is 0.497 e. The van der Waals surface area contributed by atoms with E-state index in [4.69, 9.17) is 4.74 Å². The Bertz CT molecular complexity index is 1430. The van der Waals surface area contributed by atoms with E-state index in [9.17, 15) is 0 Å². The molecule has 0 bridgehead atoms. The van der Waals surface area contributed by atoms with E-state index in [0.29, 0.717) is 0 Å². The van der Waals surface area contributed by atoms with Crippen LogP contribution in [0.1, 0.15) is 0 Å². The van der Waals surface area contributed by atoms with Crippen molar-refractivity contribution in [1.29, 1.82) is 0 Å². The van der Waals surface area contributed by atoms with E-state index < -0.39 is 0 Å². The van der Waals surface area contributed by atoms with Gasteiger partial charge in [0.15, 0.2) is 37.9 Å². The Morgan fingerprint density at radius 1 is 0.784 bits per heavy atom. The number of benzene rings is 2. The van der Waals surface area contributed by atoms with Crippen LogP contribution in [-0.4, -0.2) is 20.2 Å². The molecule has 0 N–H and O–H groups in total. The van der Waals surface area contributed by atoms with Gasteiger partial charge in [0.2, 0.25) is 0 Å². The molecule has 0 unspecified atom stereocenters. The van der Waals surface area contributed by atoms with Gasteiger partial charge in [-0.2, -0.15) is 0 Å². The smallest absolute Gasteiger partial charge is 0.409 e. The Hall–Kier alpha value is -4.17. The summed E-state index contributed by atoms with van der Waals surface area (Å²) in [6.45, 7) is 3.64. The second-order valence-corrected chi connectivity index (χ2v) is 9.72. The Morgan fingerprint density at radius 2 is 1.41 bits per heavy atom. The lowest BCUT2D eigenvalue weighted by molar-refractivity contribution is -0.697. The zero-order valence-electron chi connectivity index (χ0n) is 21.1. The molecule has 0 spiro atoms. The van der Waals surface area contributed by atoms with Crippen LogP contribution < -0.4 is 23.3 Å². The third-order valence-electron chi connectivity index (χ3n) is 6.29. The molecule has 0 radical (unpaired) electrons. The molecule has 3 heterocycles. The molecule has 0 aliphatic heterocycles. The van der Waals surface area contributed by atoms with Crippen LogP contribution in [-0.2, 0) is 20.1 Å². The van der Waals surface area contributed by atoms with Crippen LogP contribution in [0.3, 0.4) is 0 Å². The van der Waals surface area contributed by atoms with E-state index in [-0.39, 0.29) is 0 Å². The SMILES string of the molecule is COc1ccc2c(c1)sc(N=Nc1ccc(N(CC[n+]3ccccc3)CC[n+]3ccccc3)cc1)[n+]2C. The normalized spacial score (nSPS) is 11.3. The fraction of sp³-hybridized carbons (Fsp3) is 0.207. The average Bonchev–Trinajstić information content (AvgIpc) is 3.27. The molecule has 0 aliphatic rings. The quantitative estimate of drug-likeness (QED) is 0.197. The number of pyridine rings is 2. The molecule has 37 heavy (non-hydrogen) atoms. The van der Waals surface area contributed by atoms with Crippen LogP contribution in [0.4, 0.5) is 16.5 Å². The molecular weight excluding hydrogens is 480 g/mol. The van der Waals surface area contributed by atoms with Crippen molar-refractivity contribution < 1.29 is 18.4 Å². The van der Waals surface area contributed by atoms with Crippen LogP contribution in [0.5, 0.6) is 5.75 Å². The Kier molecular flexibility index (Phi) is 7.76. The van der Waals surface area contributed by atoms with Crippen molar-refractivity contribution in [2.75, 3.05) is 25.1 Å². The molecule has 0 amide bonds. The number of aromatic nitrogens is 3. The van der Waals surface area contributed by atoms with Crippen molar-refractivity contribution in [2.24, 2.45) is 17.3 Å². The van der Waals surface area contributed by atoms with Crippen LogP contribution in [0, 0.1) is 0 Å². The van der Waals surface area contributed by atoms with Crippen molar-refractivity contribution in [3.8, 4) is 5.75 Å². The number of fused-ring (bicyclic) bond motifs is 1. The van der Waals surface area contributed by atoms with E-state index in [0.717, 1.165) is 53.0 Å². The maximum atomic E-state index is 5.35. The maximum absolute atomic E-state index is 5.35. The highest BCUT2D eigenvalue weighted by Gasteiger charge is 2.17. The minimum absolute atomic E-state index is 0.827. The average molecular weight is 512 g/mol. The summed E-state index contributed by atoms with van der Waals surface area (Å²) in [6, 6.07) is 26.7. The number of methoxy groups -OCH3 is 1. The molecule has 0 atom stereocenters. The lowest BCUT2D eigenvalue weighted by Gasteiger charge is -2.22. The van der Waals surface area contributed by atoms with Crippen LogP contribution in [0.2, 0.25) is 0 Å². The molecule has 0 saturated heterocycles. The number of thiazole rings is 1. The van der Waals surface area contributed by atoms with E-state index >= 15 is 0 Å². The molecule has 5 rings (SSSR count). The van der Waals surface area contributed by atoms with Gasteiger partial charge in [-0.05, 0) is 52.8 Å². The van der Waals surface area contributed by atoms with Crippen molar-refractivity contribution in [2.45, 2.75) is 13.1 Å². The zero-order valence-corrected chi connectivity index (χ0v) is 22.0. The summed E-state index contributed by atoms with van der Waals surface area (Å²) in [5.74, 6) is 0.842. The molecular formula is C29H31N6OS+3. The number of azo groups is 1. The number of ether oxygens (including phenoxy) is 1. The van der Waals surface area contributed by atoms with Gasteiger partial charge < -0.3 is 9.64 Å². The first-order valence-electron chi connectivity index (χ1n) is 12.3. The number of hydrogen-bond acceptors (Lipinski definition) is 5. The van der Waals surface area contributed by atoms with Gasteiger partial charge in [-0.15, -0.1) is 0 Å². The number of aryl methyl sites for hydroxylation is 1.